The van der Waals surface area contributed by atoms with Crippen molar-refractivity contribution in [2.45, 2.75) is 45.6 Å². The molecule has 0 amide bonds. The molecule has 0 fully saturated rings. The maximum absolute atomic E-state index is 10.7. The lowest BCUT2D eigenvalue weighted by Gasteiger charge is -2.13. The van der Waals surface area contributed by atoms with Crippen LogP contribution in [0, 0.1) is 0 Å². The molecule has 0 aliphatic carbocycles. The maximum atomic E-state index is 10.7. The molecule has 0 aromatic carbocycles. The van der Waals surface area contributed by atoms with Gasteiger partial charge in [-0.05, 0) is 13.3 Å². The Balaban J connectivity index is 3.35. The monoisotopic (exact) mass is 236 g/mol. The van der Waals surface area contributed by atoms with E-state index in [2.05, 4.69) is 23.9 Å². The lowest BCUT2D eigenvalue weighted by Crippen LogP contribution is -2.35. The van der Waals surface area contributed by atoms with Crippen molar-refractivity contribution >= 4 is 10.0 Å². The van der Waals surface area contributed by atoms with E-state index in [0.717, 1.165) is 6.42 Å². The Bertz CT molecular complexity index is 240. The summed E-state index contributed by atoms with van der Waals surface area (Å²) in [6, 6.07) is 0.470. The molecule has 0 spiro atoms. The first-order valence-electron chi connectivity index (χ1n) is 5.63. The third-order valence-corrected chi connectivity index (χ3v) is 2.95. The van der Waals surface area contributed by atoms with E-state index in [0.29, 0.717) is 19.1 Å². The third-order valence-electron chi connectivity index (χ3n) is 2.22. The van der Waals surface area contributed by atoms with Crippen molar-refractivity contribution in [1.29, 1.82) is 0 Å². The summed E-state index contributed by atoms with van der Waals surface area (Å²) in [6.07, 6.45) is 6.09. The largest absolute Gasteiger partial charge is 0.313 e. The van der Waals surface area contributed by atoms with E-state index in [1.807, 2.05) is 0 Å². The molecule has 5 heteroatoms. The maximum Gasteiger partial charge on any atom is 0.208 e. The zero-order chi connectivity index (χ0) is 11.7. The van der Waals surface area contributed by atoms with Crippen molar-refractivity contribution < 1.29 is 8.42 Å². The molecule has 0 aromatic rings. The molecule has 0 aliphatic heterocycles. The molecule has 0 rings (SSSR count). The van der Waals surface area contributed by atoms with Gasteiger partial charge in [0.1, 0.15) is 0 Å². The van der Waals surface area contributed by atoms with E-state index in [1.165, 1.54) is 25.5 Å². The van der Waals surface area contributed by atoms with Gasteiger partial charge in [-0.25, -0.2) is 13.1 Å². The number of unbranched alkanes of at least 4 members (excludes halogenated alkanes) is 2. The fourth-order valence-corrected chi connectivity index (χ4v) is 1.83. The van der Waals surface area contributed by atoms with Gasteiger partial charge in [0.25, 0.3) is 0 Å². The summed E-state index contributed by atoms with van der Waals surface area (Å²) in [4.78, 5) is 0. The first-order valence-corrected chi connectivity index (χ1v) is 7.53. The first kappa shape index (κ1) is 14.9. The van der Waals surface area contributed by atoms with Crippen molar-refractivity contribution in [3.8, 4) is 0 Å². The molecule has 0 aromatic heterocycles. The SMILES string of the molecule is CCCCCC(C)NCCNS(C)(=O)=O. The van der Waals surface area contributed by atoms with Crippen LogP contribution < -0.4 is 10.0 Å². The van der Waals surface area contributed by atoms with Crippen molar-refractivity contribution in [1.82, 2.24) is 10.0 Å². The molecule has 2 N–H and O–H groups in total. The van der Waals surface area contributed by atoms with Crippen molar-refractivity contribution in [2.75, 3.05) is 19.3 Å². The van der Waals surface area contributed by atoms with Gasteiger partial charge in [-0.3, -0.25) is 0 Å². The number of hydrogen-bond acceptors (Lipinski definition) is 3. The van der Waals surface area contributed by atoms with Crippen molar-refractivity contribution in [3.05, 3.63) is 0 Å². The Morgan fingerprint density at radius 2 is 1.87 bits per heavy atom. The Hall–Kier alpha value is -0.130. The van der Waals surface area contributed by atoms with Gasteiger partial charge in [-0.1, -0.05) is 26.2 Å². The minimum Gasteiger partial charge on any atom is -0.313 e. The standard InChI is InChI=1S/C10H24N2O2S/c1-4-5-6-7-10(2)11-8-9-12-15(3,13)14/h10-12H,4-9H2,1-3H3. The van der Waals surface area contributed by atoms with Crippen LogP contribution in [0.2, 0.25) is 0 Å². The van der Waals surface area contributed by atoms with Gasteiger partial charge in [0.15, 0.2) is 0 Å². The highest BCUT2D eigenvalue weighted by Crippen LogP contribution is 2.02. The predicted molar refractivity (Wildman–Crippen MR) is 64.5 cm³/mol. The molecular formula is C10H24N2O2S. The topological polar surface area (TPSA) is 58.2 Å². The zero-order valence-corrected chi connectivity index (χ0v) is 10.9. The number of rotatable bonds is 9. The fourth-order valence-electron chi connectivity index (χ4n) is 1.36. The van der Waals surface area contributed by atoms with Crippen LogP contribution in [0.5, 0.6) is 0 Å². The van der Waals surface area contributed by atoms with Crippen LogP contribution in [0.15, 0.2) is 0 Å². The molecule has 92 valence electrons. The summed E-state index contributed by atoms with van der Waals surface area (Å²) < 4.78 is 24.0. The van der Waals surface area contributed by atoms with E-state index >= 15 is 0 Å². The fraction of sp³-hybridized carbons (Fsp3) is 1.00. The smallest absolute Gasteiger partial charge is 0.208 e. The summed E-state index contributed by atoms with van der Waals surface area (Å²) in [5.74, 6) is 0. The Morgan fingerprint density at radius 1 is 1.20 bits per heavy atom. The second-order valence-corrected chi connectivity index (χ2v) is 5.85. The summed E-state index contributed by atoms with van der Waals surface area (Å²) in [7, 11) is -3.03. The molecule has 0 heterocycles. The molecule has 0 saturated carbocycles. The van der Waals surface area contributed by atoms with Crippen molar-refractivity contribution in [2.24, 2.45) is 0 Å². The van der Waals surface area contributed by atoms with Crippen LogP contribution in [-0.2, 0) is 10.0 Å². The Morgan fingerprint density at radius 3 is 2.40 bits per heavy atom. The van der Waals surface area contributed by atoms with E-state index in [4.69, 9.17) is 0 Å². The second kappa shape index (κ2) is 8.07. The van der Waals surface area contributed by atoms with E-state index in [-0.39, 0.29) is 0 Å². The van der Waals surface area contributed by atoms with Crippen LogP contribution in [-0.4, -0.2) is 33.8 Å². The molecule has 0 aliphatic rings. The minimum atomic E-state index is -3.03. The van der Waals surface area contributed by atoms with Gasteiger partial charge >= 0.3 is 0 Å². The highest BCUT2D eigenvalue weighted by molar-refractivity contribution is 7.88. The second-order valence-electron chi connectivity index (χ2n) is 4.02. The molecule has 0 saturated heterocycles. The van der Waals surface area contributed by atoms with Crippen LogP contribution in [0.4, 0.5) is 0 Å². The van der Waals surface area contributed by atoms with Crippen LogP contribution >= 0.6 is 0 Å². The summed E-state index contributed by atoms with van der Waals surface area (Å²) in [5, 5.41) is 3.29. The van der Waals surface area contributed by atoms with Gasteiger partial charge in [-0.15, -0.1) is 0 Å². The Labute approximate surface area is 93.9 Å². The van der Waals surface area contributed by atoms with Crippen molar-refractivity contribution in [3.63, 3.8) is 0 Å². The molecule has 15 heavy (non-hydrogen) atoms. The lowest BCUT2D eigenvalue weighted by molar-refractivity contribution is 0.488. The summed E-state index contributed by atoms with van der Waals surface area (Å²) >= 11 is 0. The van der Waals surface area contributed by atoms with Gasteiger partial charge in [0.2, 0.25) is 10.0 Å². The number of nitrogens with one attached hydrogen (secondary N) is 2. The summed E-state index contributed by atoms with van der Waals surface area (Å²) in [5.41, 5.74) is 0. The molecule has 0 radical (unpaired) electrons. The van der Waals surface area contributed by atoms with Gasteiger partial charge in [0.05, 0.1) is 6.26 Å². The highest BCUT2D eigenvalue weighted by atomic mass is 32.2. The average molecular weight is 236 g/mol. The van der Waals surface area contributed by atoms with Crippen LogP contribution in [0.3, 0.4) is 0 Å². The predicted octanol–water partition coefficient (Wildman–Crippen LogP) is 1.09. The van der Waals surface area contributed by atoms with Gasteiger partial charge in [0, 0.05) is 19.1 Å². The number of hydrogen-bond donors (Lipinski definition) is 2. The third kappa shape index (κ3) is 11.8. The van der Waals surface area contributed by atoms with E-state index in [9.17, 15) is 8.42 Å². The highest BCUT2D eigenvalue weighted by Gasteiger charge is 2.02. The molecule has 1 unspecified atom stereocenters. The Kier molecular flexibility index (Phi) is 8.00. The lowest BCUT2D eigenvalue weighted by atomic mass is 10.1. The minimum absolute atomic E-state index is 0.469. The molecule has 0 bridgehead atoms. The molecular weight excluding hydrogens is 212 g/mol. The van der Waals surface area contributed by atoms with E-state index in [1.54, 1.807) is 0 Å². The van der Waals surface area contributed by atoms with Gasteiger partial charge < -0.3 is 5.32 Å². The average Bonchev–Trinajstić information content (AvgIpc) is 2.11. The summed E-state index contributed by atoms with van der Waals surface area (Å²) in [6.45, 7) is 5.49. The molecule has 4 nitrogen and oxygen atoms in total. The molecule has 1 atom stereocenters. The first-order chi connectivity index (χ1) is 6.95. The van der Waals surface area contributed by atoms with E-state index < -0.39 is 10.0 Å². The van der Waals surface area contributed by atoms with Crippen LogP contribution in [0.25, 0.3) is 0 Å². The van der Waals surface area contributed by atoms with Crippen LogP contribution in [0.1, 0.15) is 39.5 Å². The zero-order valence-electron chi connectivity index (χ0n) is 10.0. The van der Waals surface area contributed by atoms with Gasteiger partial charge in [-0.2, -0.15) is 0 Å². The number of sulfonamides is 1. The quantitative estimate of drug-likeness (QED) is 0.589. The normalized spacial score (nSPS) is 14.1.